The molecule has 2 saturated heterocycles. The molecule has 5 heteroatoms. The summed E-state index contributed by atoms with van der Waals surface area (Å²) in [6.07, 6.45) is 3.43. The molecule has 0 spiro atoms. The van der Waals surface area contributed by atoms with Crippen molar-refractivity contribution in [1.82, 2.24) is 15.2 Å². The van der Waals surface area contributed by atoms with E-state index < -0.39 is 0 Å². The third-order valence-electron chi connectivity index (χ3n) is 4.68. The van der Waals surface area contributed by atoms with Crippen LogP contribution in [0.4, 0.5) is 0 Å². The monoisotopic (exact) mass is 315 g/mol. The fraction of sp³-hybridized carbons (Fsp3) is 0.412. The first kappa shape index (κ1) is 14.0. The molecule has 2 bridgehead atoms. The summed E-state index contributed by atoms with van der Waals surface area (Å²) in [7, 11) is 0. The van der Waals surface area contributed by atoms with Crippen molar-refractivity contribution in [2.75, 3.05) is 13.1 Å². The summed E-state index contributed by atoms with van der Waals surface area (Å²) in [6, 6.07) is 10.3. The summed E-state index contributed by atoms with van der Waals surface area (Å²) < 4.78 is 0. The molecule has 0 saturated carbocycles. The quantitative estimate of drug-likeness (QED) is 0.880. The summed E-state index contributed by atoms with van der Waals surface area (Å²) in [6.45, 7) is 1.59. The molecule has 2 unspecified atom stereocenters. The van der Waals surface area contributed by atoms with Crippen LogP contribution in [-0.4, -0.2) is 41.0 Å². The molecule has 2 fully saturated rings. The first-order valence-electron chi connectivity index (χ1n) is 7.81. The summed E-state index contributed by atoms with van der Waals surface area (Å²) in [5, 5.41) is 5.23. The average molecular weight is 316 g/mol. The molecular weight excluding hydrogens is 298 g/mol. The number of hydrogen-bond donors (Lipinski definition) is 1. The van der Waals surface area contributed by atoms with Crippen LogP contribution in [0, 0.1) is 0 Å². The molecule has 0 aliphatic carbocycles. The van der Waals surface area contributed by atoms with Crippen LogP contribution in [0.15, 0.2) is 30.3 Å². The van der Waals surface area contributed by atoms with Crippen molar-refractivity contribution >= 4 is 28.4 Å². The second-order valence-corrected chi connectivity index (χ2v) is 6.65. The van der Waals surface area contributed by atoms with E-state index in [1.807, 2.05) is 29.2 Å². The first-order valence-corrected chi connectivity index (χ1v) is 8.18. The minimum Gasteiger partial charge on any atom is -0.336 e. The molecule has 1 aromatic heterocycles. The number of halogens is 1. The van der Waals surface area contributed by atoms with Crippen LogP contribution in [0.2, 0.25) is 5.02 Å². The Morgan fingerprint density at radius 1 is 1.18 bits per heavy atom. The lowest BCUT2D eigenvalue weighted by Crippen LogP contribution is -2.39. The second-order valence-electron chi connectivity index (χ2n) is 6.21. The average Bonchev–Trinajstić information content (AvgIpc) is 2.85. The largest absolute Gasteiger partial charge is 0.336 e. The van der Waals surface area contributed by atoms with Crippen LogP contribution in [-0.2, 0) is 0 Å². The Bertz CT molecular complexity index is 733. The predicted molar refractivity (Wildman–Crippen MR) is 87.2 cm³/mol. The number of benzene rings is 1. The Labute approximate surface area is 134 Å². The van der Waals surface area contributed by atoms with Gasteiger partial charge in [-0.25, -0.2) is 4.98 Å². The molecule has 2 atom stereocenters. The highest BCUT2D eigenvalue weighted by Gasteiger charge is 2.31. The standard InChI is InChI=1S/C17H18ClN3O/c18-12-3-1-11-2-6-15(20-16(11)9-12)17(22)21-8-7-13-4-5-14(10-21)19-13/h1-3,6,9,13-14,19H,4-5,7-8,10H2. The topological polar surface area (TPSA) is 45.2 Å². The van der Waals surface area contributed by atoms with Crippen molar-refractivity contribution in [3.05, 3.63) is 41.0 Å². The number of likely N-dealkylation sites (tertiary alicyclic amines) is 1. The van der Waals surface area contributed by atoms with E-state index in [1.54, 1.807) is 6.07 Å². The zero-order valence-corrected chi connectivity index (χ0v) is 13.0. The zero-order valence-electron chi connectivity index (χ0n) is 12.3. The van der Waals surface area contributed by atoms with Crippen molar-refractivity contribution in [3.63, 3.8) is 0 Å². The zero-order chi connectivity index (χ0) is 15.1. The molecule has 1 amide bonds. The number of hydrogen-bond acceptors (Lipinski definition) is 3. The maximum absolute atomic E-state index is 12.8. The second kappa shape index (κ2) is 5.52. The minimum absolute atomic E-state index is 0.0243. The SMILES string of the molecule is O=C(c1ccc2ccc(Cl)cc2n1)N1CCC2CCC(C1)N2. The van der Waals surface area contributed by atoms with E-state index in [0.717, 1.165) is 36.8 Å². The Morgan fingerprint density at radius 2 is 2.00 bits per heavy atom. The van der Waals surface area contributed by atoms with Gasteiger partial charge in [-0.1, -0.05) is 23.7 Å². The molecule has 4 nitrogen and oxygen atoms in total. The number of nitrogens with zero attached hydrogens (tertiary/aromatic N) is 2. The maximum atomic E-state index is 12.8. The van der Waals surface area contributed by atoms with Crippen LogP contribution in [0.1, 0.15) is 29.8 Å². The van der Waals surface area contributed by atoms with Gasteiger partial charge in [-0.15, -0.1) is 0 Å². The third kappa shape index (κ3) is 2.57. The molecule has 22 heavy (non-hydrogen) atoms. The Hall–Kier alpha value is -1.65. The molecule has 3 heterocycles. The summed E-state index contributed by atoms with van der Waals surface area (Å²) in [5.41, 5.74) is 1.28. The van der Waals surface area contributed by atoms with Gasteiger partial charge in [0, 0.05) is 35.6 Å². The van der Waals surface area contributed by atoms with Gasteiger partial charge < -0.3 is 10.2 Å². The van der Waals surface area contributed by atoms with Gasteiger partial charge in [-0.2, -0.15) is 0 Å². The first-order chi connectivity index (χ1) is 10.7. The Balaban J connectivity index is 1.61. The van der Waals surface area contributed by atoms with E-state index in [1.165, 1.54) is 6.42 Å². The molecule has 2 aromatic rings. The minimum atomic E-state index is 0.0243. The molecule has 4 rings (SSSR count). The third-order valence-corrected chi connectivity index (χ3v) is 4.92. The molecular formula is C17H18ClN3O. The molecule has 2 aliphatic heterocycles. The summed E-state index contributed by atoms with van der Waals surface area (Å²) in [4.78, 5) is 19.2. The van der Waals surface area contributed by atoms with Crippen LogP contribution in [0.25, 0.3) is 10.9 Å². The lowest BCUT2D eigenvalue weighted by Gasteiger charge is -2.24. The number of nitrogens with one attached hydrogen (secondary N) is 1. The van der Waals surface area contributed by atoms with Crippen molar-refractivity contribution in [2.45, 2.75) is 31.3 Å². The van der Waals surface area contributed by atoms with Crippen molar-refractivity contribution in [3.8, 4) is 0 Å². The van der Waals surface area contributed by atoms with Crippen LogP contribution >= 0.6 is 11.6 Å². The van der Waals surface area contributed by atoms with Gasteiger partial charge in [-0.3, -0.25) is 4.79 Å². The van der Waals surface area contributed by atoms with Crippen LogP contribution < -0.4 is 5.32 Å². The van der Waals surface area contributed by atoms with E-state index in [9.17, 15) is 4.79 Å². The van der Waals surface area contributed by atoms with Crippen molar-refractivity contribution in [2.24, 2.45) is 0 Å². The highest BCUT2D eigenvalue weighted by Crippen LogP contribution is 2.22. The highest BCUT2D eigenvalue weighted by molar-refractivity contribution is 6.31. The van der Waals surface area contributed by atoms with Gasteiger partial charge in [0.2, 0.25) is 0 Å². The highest BCUT2D eigenvalue weighted by atomic mass is 35.5. The summed E-state index contributed by atoms with van der Waals surface area (Å²) >= 11 is 6.02. The van der Waals surface area contributed by atoms with Crippen molar-refractivity contribution < 1.29 is 4.79 Å². The van der Waals surface area contributed by atoms with Gasteiger partial charge in [0.1, 0.15) is 5.69 Å². The van der Waals surface area contributed by atoms with E-state index in [-0.39, 0.29) is 5.91 Å². The molecule has 114 valence electrons. The normalized spacial score (nSPS) is 24.5. The number of fused-ring (bicyclic) bond motifs is 3. The van der Waals surface area contributed by atoms with E-state index in [4.69, 9.17) is 11.6 Å². The maximum Gasteiger partial charge on any atom is 0.272 e. The summed E-state index contributed by atoms with van der Waals surface area (Å²) in [5.74, 6) is 0.0243. The predicted octanol–water partition coefficient (Wildman–Crippen LogP) is 2.85. The van der Waals surface area contributed by atoms with Gasteiger partial charge >= 0.3 is 0 Å². The number of amides is 1. The van der Waals surface area contributed by atoms with Crippen LogP contribution in [0.3, 0.4) is 0 Å². The fourth-order valence-electron chi connectivity index (χ4n) is 3.50. The Kier molecular flexibility index (Phi) is 3.51. The van der Waals surface area contributed by atoms with E-state index in [0.29, 0.717) is 22.8 Å². The molecule has 0 radical (unpaired) electrons. The van der Waals surface area contributed by atoms with Crippen LogP contribution in [0.5, 0.6) is 0 Å². The number of carbonyl (C=O) groups is 1. The number of carbonyl (C=O) groups excluding carboxylic acids is 1. The lowest BCUT2D eigenvalue weighted by atomic mass is 10.1. The molecule has 1 aromatic carbocycles. The van der Waals surface area contributed by atoms with Gasteiger partial charge in [0.25, 0.3) is 5.91 Å². The smallest absolute Gasteiger partial charge is 0.272 e. The van der Waals surface area contributed by atoms with Gasteiger partial charge in [-0.05, 0) is 37.5 Å². The molecule has 1 N–H and O–H groups in total. The van der Waals surface area contributed by atoms with E-state index >= 15 is 0 Å². The number of rotatable bonds is 1. The Morgan fingerprint density at radius 3 is 2.91 bits per heavy atom. The van der Waals surface area contributed by atoms with Gasteiger partial charge in [0.15, 0.2) is 0 Å². The number of aromatic nitrogens is 1. The molecule has 2 aliphatic rings. The van der Waals surface area contributed by atoms with E-state index in [2.05, 4.69) is 10.3 Å². The number of pyridine rings is 1. The van der Waals surface area contributed by atoms with Gasteiger partial charge in [0.05, 0.1) is 5.52 Å². The lowest BCUT2D eigenvalue weighted by molar-refractivity contribution is 0.0742. The van der Waals surface area contributed by atoms with Crippen molar-refractivity contribution in [1.29, 1.82) is 0 Å². The fourth-order valence-corrected chi connectivity index (χ4v) is 3.67.